The second-order valence-corrected chi connectivity index (χ2v) is 20.8. The van der Waals surface area contributed by atoms with Crippen LogP contribution in [0.25, 0.3) is 22.3 Å². The smallest absolute Gasteiger partial charge is 0.0407 e. The molecule has 4 saturated carbocycles. The molecule has 282 valence electrons. The first-order valence-electron chi connectivity index (χ1n) is 20.1. The number of fused-ring (bicyclic) bond motifs is 5. The Morgan fingerprint density at radius 1 is 0.704 bits per heavy atom. The van der Waals surface area contributed by atoms with E-state index in [-0.39, 0.29) is 35.6 Å². The van der Waals surface area contributed by atoms with Crippen LogP contribution in [0.4, 0.5) is 0 Å². The minimum atomic E-state index is 0. The van der Waals surface area contributed by atoms with Gasteiger partial charge in [0.1, 0.15) is 0 Å². The summed E-state index contributed by atoms with van der Waals surface area (Å²) in [7, 11) is 0. The average Bonchev–Trinajstić information content (AvgIpc) is 3.79. The minimum absolute atomic E-state index is 0. The molecule has 4 fully saturated rings. The summed E-state index contributed by atoms with van der Waals surface area (Å²) in [5.41, 5.74) is 20.9. The van der Waals surface area contributed by atoms with Crippen LogP contribution in [-0.2, 0) is 46.9 Å². The van der Waals surface area contributed by atoms with Crippen molar-refractivity contribution in [1.82, 2.24) is 0 Å². The third kappa shape index (κ3) is 7.16. The molecule has 0 aliphatic heterocycles. The number of hydrogen-bond donors (Lipinski definition) is 0. The van der Waals surface area contributed by atoms with Crippen LogP contribution in [0.5, 0.6) is 0 Å². The van der Waals surface area contributed by atoms with E-state index < -0.39 is 0 Å². The van der Waals surface area contributed by atoms with Crippen LogP contribution in [0.2, 0.25) is 0 Å². The van der Waals surface area contributed by atoms with Gasteiger partial charge in [0.25, 0.3) is 0 Å². The Balaban J connectivity index is 0.000000149. The number of allylic oxidation sites excluding steroid dienone is 4. The van der Waals surface area contributed by atoms with Gasteiger partial charge < -0.3 is 24.8 Å². The summed E-state index contributed by atoms with van der Waals surface area (Å²) in [4.78, 5) is 0. The molecule has 4 aromatic rings. The van der Waals surface area contributed by atoms with Crippen molar-refractivity contribution in [1.29, 1.82) is 0 Å². The van der Waals surface area contributed by atoms with Gasteiger partial charge in [-0.05, 0) is 114 Å². The van der Waals surface area contributed by atoms with Gasteiger partial charge >= 0.3 is 76.7 Å². The summed E-state index contributed by atoms with van der Waals surface area (Å²) in [5, 5.41) is 0. The Labute approximate surface area is 354 Å². The number of aryl methyl sites for hydroxylation is 2. The molecular weight excluding hydrogens is 775 g/mol. The van der Waals surface area contributed by atoms with Gasteiger partial charge in [-0.1, -0.05) is 77.5 Å². The zero-order valence-corrected chi connectivity index (χ0v) is 38.2. The molecule has 0 N–H and O–H groups in total. The minimum Gasteiger partial charge on any atom is -1.00 e. The molecule has 0 atom stereocenters. The molecule has 11 rings (SSSR count). The Bertz CT molecular complexity index is 2040. The van der Waals surface area contributed by atoms with Crippen LogP contribution in [0, 0.1) is 43.6 Å². The van der Waals surface area contributed by atoms with Crippen molar-refractivity contribution < 1.29 is 49.0 Å². The van der Waals surface area contributed by atoms with Crippen LogP contribution in [0.15, 0.2) is 72.8 Å². The molecule has 7 aliphatic rings. The molecule has 7 aliphatic carbocycles. The zero-order valence-electron chi connectivity index (χ0n) is 34.2. The summed E-state index contributed by atoms with van der Waals surface area (Å²) >= 11 is 1.51. The van der Waals surface area contributed by atoms with Crippen molar-refractivity contribution in [3.05, 3.63) is 135 Å². The van der Waals surface area contributed by atoms with Crippen LogP contribution >= 0.6 is 0 Å². The maximum absolute atomic E-state index is 3.65. The Hall–Kier alpha value is -2.18. The molecule has 0 aromatic heterocycles. The summed E-state index contributed by atoms with van der Waals surface area (Å²) in [5.74, 6) is 4.14. The van der Waals surface area contributed by atoms with Crippen molar-refractivity contribution in [2.45, 2.75) is 124 Å². The first kappa shape index (κ1) is 41.5. The summed E-state index contributed by atoms with van der Waals surface area (Å²) in [6.07, 6.45) is 14.8. The van der Waals surface area contributed by atoms with Gasteiger partial charge in [-0.3, -0.25) is 6.08 Å². The fraction of sp³-hybridized carbons (Fsp3) is 0.451. The van der Waals surface area contributed by atoms with Crippen molar-refractivity contribution in [3.63, 3.8) is 0 Å². The summed E-state index contributed by atoms with van der Waals surface area (Å²) in [6.45, 7) is 22.8. The van der Waals surface area contributed by atoms with Gasteiger partial charge in [0, 0.05) is 5.41 Å². The normalized spacial score (nSPS) is 26.3. The molecule has 4 bridgehead atoms. The monoisotopic (exact) mass is 830 g/mol. The second kappa shape index (κ2) is 15.0. The summed E-state index contributed by atoms with van der Waals surface area (Å²) in [6, 6.07) is 25.7. The van der Waals surface area contributed by atoms with Gasteiger partial charge in [0.05, 0.1) is 0 Å². The Morgan fingerprint density at radius 2 is 1.26 bits per heavy atom. The molecule has 4 aromatic carbocycles. The van der Waals surface area contributed by atoms with E-state index in [1.807, 2.05) is 0 Å². The van der Waals surface area contributed by atoms with E-state index in [2.05, 4.69) is 148 Å². The Kier molecular flexibility index (Phi) is 11.5. The van der Waals surface area contributed by atoms with E-state index in [0.29, 0.717) is 5.41 Å². The van der Waals surface area contributed by atoms with Gasteiger partial charge in [-0.15, -0.1) is 11.6 Å². The largest absolute Gasteiger partial charge is 1.00 e. The predicted octanol–water partition coefficient (Wildman–Crippen LogP) is 6.97. The molecule has 0 nitrogen and oxygen atoms in total. The van der Waals surface area contributed by atoms with E-state index in [9.17, 15) is 0 Å². The van der Waals surface area contributed by atoms with Crippen LogP contribution < -0.4 is 24.8 Å². The van der Waals surface area contributed by atoms with Crippen LogP contribution in [0.1, 0.15) is 143 Å². The van der Waals surface area contributed by atoms with E-state index >= 15 is 0 Å². The first-order valence-corrected chi connectivity index (χ1v) is 21.3. The maximum Gasteiger partial charge on any atom is -0.0407 e. The fourth-order valence-electron chi connectivity index (χ4n) is 11.6. The molecule has 0 spiro atoms. The molecule has 0 amide bonds. The van der Waals surface area contributed by atoms with Gasteiger partial charge in [0.2, 0.25) is 0 Å². The fourth-order valence-corrected chi connectivity index (χ4v) is 12.0. The number of rotatable bonds is 2. The standard InChI is InChI=1S/C25H25.C17H23.C9H10.2ClH.Zr/c1-14-12-24(3,4)22-8-16-7-17-9-23-19(15(2)13-25(23,5)6)11-21(17)20(16)10-18(14)22;1-11-3-4-14(5-11)17(2)15-7-12-6-13(9-15)10-16(17)8-12;1-3-9-6-4-8(2)5-7-9;;;/h8-12H,7H2,1-6H3;3-5,12-13,15-16H,6-10H2,1-2H3;4-7H,1-2H3;2*1H;/q2*-1;;;;+2/p-2. The van der Waals surface area contributed by atoms with Crippen molar-refractivity contribution in [2.24, 2.45) is 23.7 Å². The van der Waals surface area contributed by atoms with E-state index in [1.165, 1.54) is 125 Å². The molecule has 0 heterocycles. The van der Waals surface area contributed by atoms with Crippen molar-refractivity contribution in [2.75, 3.05) is 0 Å². The first-order chi connectivity index (χ1) is 24.5. The zero-order chi connectivity index (χ0) is 36.9. The maximum atomic E-state index is 3.65. The third-order valence-electron chi connectivity index (χ3n) is 14.3. The second-order valence-electron chi connectivity index (χ2n) is 19.0. The average molecular weight is 833 g/mol. The van der Waals surface area contributed by atoms with E-state index in [0.717, 1.165) is 30.1 Å². The van der Waals surface area contributed by atoms with Crippen LogP contribution in [0.3, 0.4) is 0 Å². The molecule has 0 radical (unpaired) electrons. The van der Waals surface area contributed by atoms with Gasteiger partial charge in [0.15, 0.2) is 0 Å². The number of benzene rings is 3. The predicted molar refractivity (Wildman–Crippen MR) is 219 cm³/mol. The van der Waals surface area contributed by atoms with Crippen LogP contribution in [-0.4, -0.2) is 3.21 Å². The molecule has 3 heteroatoms. The molecule has 54 heavy (non-hydrogen) atoms. The van der Waals surface area contributed by atoms with Crippen molar-refractivity contribution in [3.8, 4) is 11.1 Å². The molecule has 0 saturated heterocycles. The molecular formula is C51H58Cl2Zr-2. The summed E-state index contributed by atoms with van der Waals surface area (Å²) < 4.78 is 1.46. The number of hydrogen-bond acceptors (Lipinski definition) is 0. The van der Waals surface area contributed by atoms with Gasteiger partial charge in [-0.25, -0.2) is 11.6 Å². The van der Waals surface area contributed by atoms with E-state index in [4.69, 9.17) is 0 Å². The Morgan fingerprint density at radius 3 is 1.80 bits per heavy atom. The SMILES string of the molecule is CC1=[C-]C(C)(C)c2cc3c(cc21)-c1cc2c(cc1C3)C(C)(C)C=C2C.C[C](=[Zr+2])c1ccc(C)cc1.Cc1cc(C2(C)C3CC4CC(C3)CC2C4)c[cH-]1.[Cl-].[Cl-]. The van der Waals surface area contributed by atoms with Gasteiger partial charge in [-0.2, -0.15) is 28.8 Å². The topological polar surface area (TPSA) is 0 Å². The van der Waals surface area contributed by atoms with E-state index in [1.54, 1.807) is 12.0 Å². The third-order valence-corrected chi connectivity index (χ3v) is 15.0. The molecule has 0 unspecified atom stereocenters. The number of halogens is 2. The van der Waals surface area contributed by atoms with Crippen molar-refractivity contribution >= 4 is 14.4 Å². The quantitative estimate of drug-likeness (QED) is 0.169.